The highest BCUT2D eigenvalue weighted by atomic mass is 19.1. The molecule has 8 heteroatoms. The molecule has 0 radical (unpaired) electrons. The average Bonchev–Trinajstić information content (AvgIpc) is 3.73. The third-order valence-corrected chi connectivity index (χ3v) is 7.75. The molecule has 5 N–H and O–H groups in total. The van der Waals surface area contributed by atoms with E-state index in [9.17, 15) is 14.0 Å². The number of hydrogen-bond acceptors (Lipinski definition) is 5. The number of amides is 2. The Hall–Kier alpha value is -3.75. The van der Waals surface area contributed by atoms with E-state index in [0.717, 1.165) is 44.5 Å². The van der Waals surface area contributed by atoms with Gasteiger partial charge in [0.1, 0.15) is 5.82 Å². The van der Waals surface area contributed by atoms with Gasteiger partial charge in [0.2, 0.25) is 5.91 Å². The third kappa shape index (κ3) is 7.43. The first kappa shape index (κ1) is 26.8. The highest BCUT2D eigenvalue weighted by Crippen LogP contribution is 2.41. The second kappa shape index (κ2) is 12.4. The fourth-order valence-electron chi connectivity index (χ4n) is 5.20. The van der Waals surface area contributed by atoms with Crippen LogP contribution in [0.5, 0.6) is 0 Å². The lowest BCUT2D eigenvalue weighted by atomic mass is 9.96. The molecule has 2 atom stereocenters. The predicted molar refractivity (Wildman–Crippen MR) is 152 cm³/mol. The van der Waals surface area contributed by atoms with Gasteiger partial charge in [0.15, 0.2) is 0 Å². The van der Waals surface area contributed by atoms with Gasteiger partial charge >= 0.3 is 0 Å². The molecule has 0 spiro atoms. The van der Waals surface area contributed by atoms with Gasteiger partial charge in [-0.15, -0.1) is 0 Å². The molecule has 1 saturated carbocycles. The van der Waals surface area contributed by atoms with Crippen molar-refractivity contribution in [1.29, 1.82) is 0 Å². The second-order valence-electron chi connectivity index (χ2n) is 10.6. The molecular weight excluding hydrogens is 493 g/mol. The van der Waals surface area contributed by atoms with Crippen LogP contribution in [-0.2, 0) is 11.3 Å². The smallest absolute Gasteiger partial charge is 0.255 e. The van der Waals surface area contributed by atoms with Crippen LogP contribution in [0.3, 0.4) is 0 Å². The van der Waals surface area contributed by atoms with Gasteiger partial charge in [-0.25, -0.2) is 4.39 Å². The van der Waals surface area contributed by atoms with Crippen LogP contribution in [0.15, 0.2) is 72.8 Å². The molecule has 3 aromatic rings. The SMILES string of the molecule is Nc1ccccc1NC(=O)c1ccc(CNC(=O)CN2CCC(CNC3CC3c3ccc(F)cc3)CC2)cc1. The Kier molecular flexibility index (Phi) is 8.54. The van der Waals surface area contributed by atoms with Crippen LogP contribution < -0.4 is 21.7 Å². The van der Waals surface area contributed by atoms with Crippen molar-refractivity contribution in [2.75, 3.05) is 37.2 Å². The van der Waals surface area contributed by atoms with Crippen LogP contribution in [0.25, 0.3) is 0 Å². The first-order valence-electron chi connectivity index (χ1n) is 13.7. The van der Waals surface area contributed by atoms with Crippen LogP contribution in [0.4, 0.5) is 15.8 Å². The summed E-state index contributed by atoms with van der Waals surface area (Å²) in [5, 5.41) is 9.50. The minimum atomic E-state index is -0.230. The number of likely N-dealkylation sites (tertiary alicyclic amines) is 1. The number of hydrogen-bond donors (Lipinski definition) is 4. The number of nitrogens with two attached hydrogens (primary N) is 1. The number of carbonyl (C=O) groups excluding carboxylic acids is 2. The van der Waals surface area contributed by atoms with Crippen LogP contribution in [0.2, 0.25) is 0 Å². The van der Waals surface area contributed by atoms with Crippen LogP contribution in [0.1, 0.15) is 46.7 Å². The van der Waals surface area contributed by atoms with E-state index in [-0.39, 0.29) is 17.6 Å². The van der Waals surface area contributed by atoms with E-state index in [0.29, 0.717) is 47.9 Å². The molecule has 2 unspecified atom stereocenters. The highest BCUT2D eigenvalue weighted by Gasteiger charge is 2.38. The number of halogens is 1. The average molecular weight is 530 g/mol. The Balaban J connectivity index is 0.973. The minimum absolute atomic E-state index is 0.00747. The maximum atomic E-state index is 13.1. The van der Waals surface area contributed by atoms with E-state index in [4.69, 9.17) is 5.73 Å². The zero-order valence-corrected chi connectivity index (χ0v) is 22.0. The Morgan fingerprint density at radius 1 is 0.949 bits per heavy atom. The van der Waals surface area contributed by atoms with Crippen LogP contribution in [0, 0.1) is 11.7 Å². The lowest BCUT2D eigenvalue weighted by Crippen LogP contribution is -2.43. The number of rotatable bonds is 10. The Morgan fingerprint density at radius 2 is 1.67 bits per heavy atom. The first-order valence-corrected chi connectivity index (χ1v) is 13.7. The Labute approximate surface area is 229 Å². The molecule has 2 amide bonds. The van der Waals surface area contributed by atoms with Crippen molar-refractivity contribution in [1.82, 2.24) is 15.5 Å². The molecular formula is C31H36FN5O2. The molecule has 1 heterocycles. The van der Waals surface area contributed by atoms with Gasteiger partial charge in [-0.05, 0) is 92.3 Å². The van der Waals surface area contributed by atoms with E-state index in [1.54, 1.807) is 24.3 Å². The van der Waals surface area contributed by atoms with E-state index >= 15 is 0 Å². The summed E-state index contributed by atoms with van der Waals surface area (Å²) >= 11 is 0. The van der Waals surface area contributed by atoms with Gasteiger partial charge < -0.3 is 21.7 Å². The molecule has 2 aliphatic rings. The predicted octanol–water partition coefficient (Wildman–Crippen LogP) is 4.13. The number of nitrogens with zero attached hydrogens (tertiary/aromatic N) is 1. The topological polar surface area (TPSA) is 99.5 Å². The standard InChI is InChI=1S/C31H36FN5O2/c32-25-11-9-23(10-12-25)26-17-29(26)34-18-22-13-15-37(16-14-22)20-30(38)35-19-21-5-7-24(8-6-21)31(39)36-28-4-2-1-3-27(28)33/h1-12,22,26,29,34H,13-20,33H2,(H,35,38)(H,36,39). The second-order valence-corrected chi connectivity index (χ2v) is 10.6. The molecule has 204 valence electrons. The van der Waals surface area contributed by atoms with Crippen molar-refractivity contribution in [3.8, 4) is 0 Å². The lowest BCUT2D eigenvalue weighted by Gasteiger charge is -2.31. The molecule has 5 rings (SSSR count). The first-order chi connectivity index (χ1) is 18.9. The molecule has 0 aromatic heterocycles. The van der Waals surface area contributed by atoms with Gasteiger partial charge in [-0.3, -0.25) is 14.5 Å². The summed E-state index contributed by atoms with van der Waals surface area (Å²) in [6, 6.07) is 21.7. The summed E-state index contributed by atoms with van der Waals surface area (Å²) in [7, 11) is 0. The lowest BCUT2D eigenvalue weighted by molar-refractivity contribution is -0.122. The summed E-state index contributed by atoms with van der Waals surface area (Å²) < 4.78 is 13.1. The monoisotopic (exact) mass is 529 g/mol. The van der Waals surface area contributed by atoms with Crippen molar-refractivity contribution in [3.63, 3.8) is 0 Å². The Morgan fingerprint density at radius 3 is 2.38 bits per heavy atom. The van der Waals surface area contributed by atoms with E-state index < -0.39 is 0 Å². The van der Waals surface area contributed by atoms with Crippen molar-refractivity contribution in [2.45, 2.75) is 37.8 Å². The number of piperidine rings is 1. The van der Waals surface area contributed by atoms with Crippen LogP contribution >= 0.6 is 0 Å². The zero-order chi connectivity index (χ0) is 27.2. The van der Waals surface area contributed by atoms with Gasteiger partial charge in [0, 0.05) is 24.1 Å². The van der Waals surface area contributed by atoms with Crippen molar-refractivity contribution in [2.24, 2.45) is 5.92 Å². The molecule has 2 fully saturated rings. The molecule has 39 heavy (non-hydrogen) atoms. The van der Waals surface area contributed by atoms with E-state index in [1.165, 1.54) is 17.7 Å². The van der Waals surface area contributed by atoms with E-state index in [2.05, 4.69) is 20.9 Å². The quantitative estimate of drug-likeness (QED) is 0.296. The fourth-order valence-corrected chi connectivity index (χ4v) is 5.20. The number of benzene rings is 3. The van der Waals surface area contributed by atoms with E-state index in [1.807, 2.05) is 36.4 Å². The Bertz CT molecular complexity index is 1270. The highest BCUT2D eigenvalue weighted by molar-refractivity contribution is 6.05. The van der Waals surface area contributed by atoms with Gasteiger partial charge in [0.25, 0.3) is 5.91 Å². The molecule has 1 aliphatic heterocycles. The summed E-state index contributed by atoms with van der Waals surface area (Å²) in [4.78, 5) is 27.2. The van der Waals surface area contributed by atoms with Crippen molar-refractivity contribution in [3.05, 3.63) is 95.3 Å². The number of anilines is 2. The fraction of sp³-hybridized carbons (Fsp3) is 0.355. The maximum Gasteiger partial charge on any atom is 0.255 e. The summed E-state index contributed by atoms with van der Waals surface area (Å²) in [5.41, 5.74) is 9.66. The molecule has 3 aromatic carbocycles. The molecule has 1 saturated heterocycles. The maximum absolute atomic E-state index is 13.1. The number of para-hydroxylation sites is 2. The number of nitrogen functional groups attached to an aromatic ring is 1. The summed E-state index contributed by atoms with van der Waals surface area (Å²) in [6.07, 6.45) is 3.27. The van der Waals surface area contributed by atoms with Crippen molar-refractivity contribution < 1.29 is 14.0 Å². The molecule has 1 aliphatic carbocycles. The molecule has 0 bridgehead atoms. The normalized spacial score (nSPS) is 19.4. The van der Waals surface area contributed by atoms with Crippen LogP contribution in [-0.4, -0.2) is 48.9 Å². The number of nitrogens with one attached hydrogen (secondary N) is 3. The van der Waals surface area contributed by atoms with Gasteiger partial charge in [0.05, 0.1) is 17.9 Å². The van der Waals surface area contributed by atoms with Gasteiger partial charge in [-0.1, -0.05) is 36.4 Å². The largest absolute Gasteiger partial charge is 0.397 e. The molecule has 7 nitrogen and oxygen atoms in total. The zero-order valence-electron chi connectivity index (χ0n) is 22.0. The number of carbonyl (C=O) groups is 2. The summed E-state index contributed by atoms with van der Waals surface area (Å²) in [5.74, 6) is 0.708. The third-order valence-electron chi connectivity index (χ3n) is 7.75. The van der Waals surface area contributed by atoms with Crippen molar-refractivity contribution >= 4 is 23.2 Å². The van der Waals surface area contributed by atoms with Gasteiger partial charge in [-0.2, -0.15) is 0 Å². The summed E-state index contributed by atoms with van der Waals surface area (Å²) in [6.45, 7) is 3.65. The minimum Gasteiger partial charge on any atom is -0.397 e.